The van der Waals surface area contributed by atoms with Crippen LogP contribution in [0.2, 0.25) is 0 Å². The number of hydrogen-bond donors (Lipinski definition) is 2. The van der Waals surface area contributed by atoms with E-state index in [0.29, 0.717) is 11.5 Å². The van der Waals surface area contributed by atoms with Crippen LogP contribution in [0, 0.1) is 11.3 Å². The van der Waals surface area contributed by atoms with Crippen molar-refractivity contribution in [3.63, 3.8) is 0 Å². The lowest BCUT2D eigenvalue weighted by Crippen LogP contribution is -2.53. The third kappa shape index (κ3) is 3.48. The molecule has 1 saturated heterocycles. The first-order chi connectivity index (χ1) is 7.47. The molecule has 2 unspecified atom stereocenters. The van der Waals surface area contributed by atoms with Crippen molar-refractivity contribution >= 4 is 5.91 Å². The molecule has 94 valence electrons. The molecule has 1 fully saturated rings. The number of nitrogens with one attached hydrogen (secondary N) is 2. The SMILES string of the molecule is CCC(C)C(=O)NCC1NCCCC1(C)C. The smallest absolute Gasteiger partial charge is 0.222 e. The van der Waals surface area contributed by atoms with Gasteiger partial charge in [0.05, 0.1) is 0 Å². The molecule has 1 rings (SSSR count). The van der Waals surface area contributed by atoms with Gasteiger partial charge in [-0.15, -0.1) is 0 Å². The van der Waals surface area contributed by atoms with Crippen LogP contribution in [0.15, 0.2) is 0 Å². The van der Waals surface area contributed by atoms with Crippen LogP contribution >= 0.6 is 0 Å². The van der Waals surface area contributed by atoms with Gasteiger partial charge in [0.1, 0.15) is 0 Å². The van der Waals surface area contributed by atoms with Gasteiger partial charge in [-0.2, -0.15) is 0 Å². The topological polar surface area (TPSA) is 41.1 Å². The molecule has 0 bridgehead atoms. The van der Waals surface area contributed by atoms with Crippen molar-refractivity contribution in [2.24, 2.45) is 11.3 Å². The molecule has 1 amide bonds. The summed E-state index contributed by atoms with van der Waals surface area (Å²) in [4.78, 5) is 11.7. The third-order valence-corrected chi connectivity index (χ3v) is 3.87. The number of carbonyl (C=O) groups is 1. The highest BCUT2D eigenvalue weighted by atomic mass is 16.1. The van der Waals surface area contributed by atoms with Crippen LogP contribution in [0.3, 0.4) is 0 Å². The van der Waals surface area contributed by atoms with E-state index in [2.05, 4.69) is 24.5 Å². The Morgan fingerprint density at radius 3 is 2.81 bits per heavy atom. The first-order valence-electron chi connectivity index (χ1n) is 6.48. The normalized spacial score (nSPS) is 26.1. The Hall–Kier alpha value is -0.570. The van der Waals surface area contributed by atoms with Crippen molar-refractivity contribution in [2.75, 3.05) is 13.1 Å². The second-order valence-electron chi connectivity index (χ2n) is 5.65. The molecule has 0 saturated carbocycles. The van der Waals surface area contributed by atoms with E-state index in [1.54, 1.807) is 0 Å². The predicted molar refractivity (Wildman–Crippen MR) is 67.3 cm³/mol. The van der Waals surface area contributed by atoms with E-state index in [4.69, 9.17) is 0 Å². The van der Waals surface area contributed by atoms with Crippen molar-refractivity contribution in [1.29, 1.82) is 0 Å². The molecule has 0 spiro atoms. The van der Waals surface area contributed by atoms with E-state index in [1.807, 2.05) is 13.8 Å². The van der Waals surface area contributed by atoms with Crippen molar-refractivity contribution < 1.29 is 4.79 Å². The molecule has 1 heterocycles. The Kier molecular flexibility index (Phi) is 4.78. The van der Waals surface area contributed by atoms with Crippen molar-refractivity contribution in [1.82, 2.24) is 10.6 Å². The fraction of sp³-hybridized carbons (Fsp3) is 0.923. The fourth-order valence-corrected chi connectivity index (χ4v) is 2.18. The average molecular weight is 226 g/mol. The van der Waals surface area contributed by atoms with Crippen LogP contribution in [0.1, 0.15) is 47.0 Å². The molecule has 0 aromatic carbocycles. The number of amides is 1. The zero-order valence-corrected chi connectivity index (χ0v) is 11.1. The van der Waals surface area contributed by atoms with Crippen molar-refractivity contribution in [3.8, 4) is 0 Å². The molecule has 3 nitrogen and oxygen atoms in total. The van der Waals surface area contributed by atoms with Crippen LogP contribution in [0.4, 0.5) is 0 Å². The third-order valence-electron chi connectivity index (χ3n) is 3.87. The van der Waals surface area contributed by atoms with Gasteiger partial charge in [0.2, 0.25) is 5.91 Å². The molecular weight excluding hydrogens is 200 g/mol. The Morgan fingerprint density at radius 1 is 1.56 bits per heavy atom. The van der Waals surface area contributed by atoms with Gasteiger partial charge in [-0.05, 0) is 31.2 Å². The van der Waals surface area contributed by atoms with E-state index in [9.17, 15) is 4.79 Å². The van der Waals surface area contributed by atoms with E-state index in [-0.39, 0.29) is 11.8 Å². The van der Waals surface area contributed by atoms with E-state index >= 15 is 0 Å². The van der Waals surface area contributed by atoms with Gasteiger partial charge in [-0.3, -0.25) is 4.79 Å². The maximum absolute atomic E-state index is 11.7. The number of rotatable bonds is 4. The van der Waals surface area contributed by atoms with Crippen LogP contribution in [0.5, 0.6) is 0 Å². The quantitative estimate of drug-likeness (QED) is 0.769. The second kappa shape index (κ2) is 5.67. The zero-order valence-electron chi connectivity index (χ0n) is 11.1. The average Bonchev–Trinajstić information content (AvgIpc) is 2.25. The summed E-state index contributed by atoms with van der Waals surface area (Å²) in [6.45, 7) is 10.4. The molecule has 0 aromatic rings. The number of hydrogen-bond acceptors (Lipinski definition) is 2. The lowest BCUT2D eigenvalue weighted by molar-refractivity contribution is -0.124. The van der Waals surface area contributed by atoms with Gasteiger partial charge in [0.15, 0.2) is 0 Å². The Balaban J connectivity index is 2.39. The highest BCUT2D eigenvalue weighted by Crippen LogP contribution is 2.29. The van der Waals surface area contributed by atoms with Crippen LogP contribution in [-0.2, 0) is 4.79 Å². The largest absolute Gasteiger partial charge is 0.354 e. The van der Waals surface area contributed by atoms with Crippen LogP contribution < -0.4 is 10.6 Å². The monoisotopic (exact) mass is 226 g/mol. The molecule has 0 aliphatic carbocycles. The van der Waals surface area contributed by atoms with Gasteiger partial charge in [0.25, 0.3) is 0 Å². The summed E-state index contributed by atoms with van der Waals surface area (Å²) in [6, 6.07) is 0.411. The maximum atomic E-state index is 11.7. The second-order valence-corrected chi connectivity index (χ2v) is 5.65. The predicted octanol–water partition coefficient (Wildman–Crippen LogP) is 1.93. The van der Waals surface area contributed by atoms with E-state index < -0.39 is 0 Å². The maximum Gasteiger partial charge on any atom is 0.222 e. The summed E-state index contributed by atoms with van der Waals surface area (Å²) < 4.78 is 0. The number of piperidine rings is 1. The Morgan fingerprint density at radius 2 is 2.25 bits per heavy atom. The molecule has 1 aliphatic rings. The minimum atomic E-state index is 0.131. The van der Waals surface area contributed by atoms with Gasteiger partial charge in [-0.25, -0.2) is 0 Å². The minimum Gasteiger partial charge on any atom is -0.354 e. The van der Waals surface area contributed by atoms with Crippen molar-refractivity contribution in [3.05, 3.63) is 0 Å². The summed E-state index contributed by atoms with van der Waals surface area (Å²) in [5.74, 6) is 0.317. The molecule has 2 N–H and O–H groups in total. The summed E-state index contributed by atoms with van der Waals surface area (Å²) >= 11 is 0. The van der Waals surface area contributed by atoms with E-state index in [0.717, 1.165) is 19.5 Å². The molecule has 3 heteroatoms. The molecule has 0 radical (unpaired) electrons. The summed E-state index contributed by atoms with van der Waals surface area (Å²) in [6.07, 6.45) is 3.39. The summed E-state index contributed by atoms with van der Waals surface area (Å²) in [5, 5.41) is 6.56. The van der Waals surface area contributed by atoms with Crippen LogP contribution in [0.25, 0.3) is 0 Å². The molecule has 1 aliphatic heterocycles. The zero-order chi connectivity index (χ0) is 12.2. The van der Waals surface area contributed by atoms with Gasteiger partial charge < -0.3 is 10.6 Å². The molecule has 0 aromatic heterocycles. The highest BCUT2D eigenvalue weighted by molar-refractivity contribution is 5.78. The molecule has 2 atom stereocenters. The fourth-order valence-electron chi connectivity index (χ4n) is 2.18. The van der Waals surface area contributed by atoms with Gasteiger partial charge >= 0.3 is 0 Å². The first-order valence-corrected chi connectivity index (χ1v) is 6.48. The highest BCUT2D eigenvalue weighted by Gasteiger charge is 2.32. The number of carbonyl (C=O) groups excluding carboxylic acids is 1. The van der Waals surface area contributed by atoms with Gasteiger partial charge in [-0.1, -0.05) is 27.7 Å². The van der Waals surface area contributed by atoms with Crippen LogP contribution in [-0.4, -0.2) is 25.0 Å². The summed E-state index contributed by atoms with van der Waals surface area (Å²) in [5.41, 5.74) is 0.293. The summed E-state index contributed by atoms with van der Waals surface area (Å²) in [7, 11) is 0. The first kappa shape index (κ1) is 13.5. The van der Waals surface area contributed by atoms with Crippen molar-refractivity contribution in [2.45, 2.75) is 53.0 Å². The molecular formula is C13H26N2O. The lowest BCUT2D eigenvalue weighted by atomic mass is 9.77. The van der Waals surface area contributed by atoms with E-state index in [1.165, 1.54) is 12.8 Å². The Labute approximate surface area is 99.4 Å². The molecule has 16 heavy (non-hydrogen) atoms. The van der Waals surface area contributed by atoms with Gasteiger partial charge in [0, 0.05) is 18.5 Å². The minimum absolute atomic E-state index is 0.131. The lowest BCUT2D eigenvalue weighted by Gasteiger charge is -2.39. The standard InChI is InChI=1S/C13H26N2O/c1-5-10(2)12(16)15-9-11-13(3,4)7-6-8-14-11/h10-11,14H,5-9H2,1-4H3,(H,15,16). The Bertz CT molecular complexity index is 238.